The van der Waals surface area contributed by atoms with Crippen molar-refractivity contribution in [3.8, 4) is 0 Å². The number of halogens is 1. The van der Waals surface area contributed by atoms with Crippen molar-refractivity contribution in [2.24, 2.45) is 0 Å². The van der Waals surface area contributed by atoms with Crippen LogP contribution in [0.2, 0.25) is 5.02 Å². The molecule has 36 heavy (non-hydrogen) atoms. The molecule has 1 amide bonds. The molecule has 190 valence electrons. The van der Waals surface area contributed by atoms with Crippen molar-refractivity contribution >= 4 is 27.5 Å². The first kappa shape index (κ1) is 26.4. The second-order valence-electron chi connectivity index (χ2n) is 9.04. The lowest BCUT2D eigenvalue weighted by Gasteiger charge is -2.31. The smallest absolute Gasteiger partial charge is 0.243 e. The van der Waals surface area contributed by atoms with Crippen molar-refractivity contribution < 1.29 is 17.9 Å². The number of carbonyl (C=O) groups is 1. The van der Waals surface area contributed by atoms with Crippen molar-refractivity contribution in [1.82, 2.24) is 9.21 Å². The Bertz CT molecular complexity index is 1250. The van der Waals surface area contributed by atoms with Gasteiger partial charge in [-0.3, -0.25) is 4.79 Å². The average Bonchev–Trinajstić information content (AvgIpc) is 3.07. The van der Waals surface area contributed by atoms with Crippen LogP contribution in [-0.4, -0.2) is 55.8 Å². The van der Waals surface area contributed by atoms with Crippen molar-refractivity contribution in [3.05, 3.63) is 101 Å². The lowest BCUT2D eigenvalue weighted by atomic mass is 10.0. The summed E-state index contributed by atoms with van der Waals surface area (Å²) in [6.07, 6.45) is 0.755. The van der Waals surface area contributed by atoms with E-state index in [-0.39, 0.29) is 36.4 Å². The molecule has 0 spiro atoms. The summed E-state index contributed by atoms with van der Waals surface area (Å²) in [6.45, 7) is 3.37. The van der Waals surface area contributed by atoms with Crippen LogP contribution in [0.25, 0.3) is 0 Å². The summed E-state index contributed by atoms with van der Waals surface area (Å²) in [5, 5.41) is 0.668. The summed E-state index contributed by atoms with van der Waals surface area (Å²) in [5.74, 6) is -0.0624. The standard InChI is InChI=1S/C28H31ClN2O4S/c1-22-7-13-27(14-8-22)36(33,34)30-16-15-28(32)31(18-17-30)26(19-23-5-3-2-4-6-23)21-35-20-24-9-11-25(29)12-10-24/h2-14,26H,15-21H2,1H3/t26-/m0/s1. The zero-order valence-electron chi connectivity index (χ0n) is 20.3. The van der Waals surface area contributed by atoms with E-state index in [2.05, 4.69) is 0 Å². The molecule has 6 nitrogen and oxygen atoms in total. The molecule has 0 saturated carbocycles. The Balaban J connectivity index is 1.48. The molecule has 1 heterocycles. The second-order valence-corrected chi connectivity index (χ2v) is 11.4. The van der Waals surface area contributed by atoms with Gasteiger partial charge in [0, 0.05) is 31.1 Å². The quantitative estimate of drug-likeness (QED) is 0.405. The highest BCUT2D eigenvalue weighted by atomic mass is 35.5. The molecule has 8 heteroatoms. The average molecular weight is 527 g/mol. The lowest BCUT2D eigenvalue weighted by molar-refractivity contribution is -0.134. The Morgan fingerprint density at radius 2 is 1.58 bits per heavy atom. The maximum absolute atomic E-state index is 13.2. The van der Waals surface area contributed by atoms with Crippen LogP contribution in [0.4, 0.5) is 0 Å². The van der Waals surface area contributed by atoms with Crippen molar-refractivity contribution in [3.63, 3.8) is 0 Å². The molecule has 0 bridgehead atoms. The van der Waals surface area contributed by atoms with E-state index in [1.807, 2.05) is 61.5 Å². The number of carbonyl (C=O) groups excluding carboxylic acids is 1. The SMILES string of the molecule is Cc1ccc(S(=O)(=O)N2CCC(=O)N([C@H](COCc3ccc(Cl)cc3)Cc3ccccc3)CC2)cc1. The van der Waals surface area contributed by atoms with Gasteiger partial charge in [-0.25, -0.2) is 8.42 Å². The van der Waals surface area contributed by atoms with Gasteiger partial charge in [0.2, 0.25) is 15.9 Å². The largest absolute Gasteiger partial charge is 0.375 e. The molecule has 0 aromatic heterocycles. The molecule has 4 rings (SSSR count). The van der Waals surface area contributed by atoms with Gasteiger partial charge in [0.25, 0.3) is 0 Å². The number of amides is 1. The van der Waals surface area contributed by atoms with Crippen LogP contribution in [-0.2, 0) is 32.6 Å². The third kappa shape index (κ3) is 6.73. The zero-order chi connectivity index (χ0) is 25.5. The summed E-state index contributed by atoms with van der Waals surface area (Å²) >= 11 is 5.98. The van der Waals surface area contributed by atoms with E-state index in [9.17, 15) is 13.2 Å². The lowest BCUT2D eigenvalue weighted by Crippen LogP contribution is -2.45. The highest BCUT2D eigenvalue weighted by molar-refractivity contribution is 7.89. The molecule has 1 aliphatic heterocycles. The highest BCUT2D eigenvalue weighted by Gasteiger charge is 2.32. The molecule has 0 radical (unpaired) electrons. The molecule has 3 aromatic carbocycles. The Labute approximate surface area is 218 Å². The van der Waals surface area contributed by atoms with Gasteiger partial charge in [-0.05, 0) is 48.7 Å². The van der Waals surface area contributed by atoms with Gasteiger partial charge >= 0.3 is 0 Å². The number of hydrogen-bond acceptors (Lipinski definition) is 4. The fourth-order valence-corrected chi connectivity index (χ4v) is 5.90. The molecule has 3 aromatic rings. The van der Waals surface area contributed by atoms with Crippen LogP contribution in [0.15, 0.2) is 83.8 Å². The van der Waals surface area contributed by atoms with Gasteiger partial charge in [-0.15, -0.1) is 0 Å². The number of hydrogen-bond donors (Lipinski definition) is 0. The molecule has 1 aliphatic rings. The summed E-state index contributed by atoms with van der Waals surface area (Å²) < 4.78 is 33.9. The van der Waals surface area contributed by atoms with Gasteiger partial charge in [0.05, 0.1) is 24.2 Å². The topological polar surface area (TPSA) is 66.9 Å². The normalized spacial score (nSPS) is 16.1. The number of aryl methyl sites for hydroxylation is 1. The molecule has 1 saturated heterocycles. The predicted molar refractivity (Wildman–Crippen MR) is 141 cm³/mol. The summed E-state index contributed by atoms with van der Waals surface area (Å²) in [6, 6.07) is 24.1. The van der Waals surface area contributed by atoms with Crippen molar-refractivity contribution in [2.75, 3.05) is 26.2 Å². The minimum atomic E-state index is -3.68. The maximum Gasteiger partial charge on any atom is 0.243 e. The predicted octanol–water partition coefficient (Wildman–Crippen LogP) is 4.70. The van der Waals surface area contributed by atoms with E-state index >= 15 is 0 Å². The molecule has 1 atom stereocenters. The van der Waals surface area contributed by atoms with Gasteiger partial charge in [0.15, 0.2) is 0 Å². The van der Waals surface area contributed by atoms with Crippen LogP contribution in [0.5, 0.6) is 0 Å². The van der Waals surface area contributed by atoms with E-state index < -0.39 is 10.0 Å². The molecular formula is C28H31ClN2O4S. The molecule has 0 aliphatic carbocycles. The van der Waals surface area contributed by atoms with E-state index in [1.54, 1.807) is 29.2 Å². The minimum Gasteiger partial charge on any atom is -0.375 e. The first-order valence-corrected chi connectivity index (χ1v) is 13.9. The Morgan fingerprint density at radius 3 is 2.28 bits per heavy atom. The summed E-state index contributed by atoms with van der Waals surface area (Å²) in [4.78, 5) is 15.2. The summed E-state index contributed by atoms with van der Waals surface area (Å²) in [5.41, 5.74) is 3.09. The van der Waals surface area contributed by atoms with E-state index in [0.717, 1.165) is 16.7 Å². The molecule has 0 N–H and O–H groups in total. The van der Waals surface area contributed by atoms with Crippen LogP contribution < -0.4 is 0 Å². The van der Waals surface area contributed by atoms with Crippen molar-refractivity contribution in [1.29, 1.82) is 0 Å². The van der Waals surface area contributed by atoms with E-state index in [0.29, 0.717) is 31.2 Å². The Kier molecular flexibility index (Phi) is 8.80. The van der Waals surface area contributed by atoms with Gasteiger partial charge in [0.1, 0.15) is 0 Å². The number of ether oxygens (including phenoxy) is 1. The zero-order valence-corrected chi connectivity index (χ0v) is 21.9. The van der Waals surface area contributed by atoms with Gasteiger partial charge < -0.3 is 9.64 Å². The van der Waals surface area contributed by atoms with Gasteiger partial charge in [-0.1, -0.05) is 71.8 Å². The van der Waals surface area contributed by atoms with Crippen LogP contribution >= 0.6 is 11.6 Å². The second kappa shape index (κ2) is 12.0. The Morgan fingerprint density at radius 1 is 0.889 bits per heavy atom. The molecule has 1 fully saturated rings. The first-order chi connectivity index (χ1) is 17.3. The van der Waals surface area contributed by atoms with Crippen LogP contribution in [0.3, 0.4) is 0 Å². The number of rotatable bonds is 9. The van der Waals surface area contributed by atoms with Crippen LogP contribution in [0.1, 0.15) is 23.1 Å². The van der Waals surface area contributed by atoms with Crippen molar-refractivity contribution in [2.45, 2.75) is 37.3 Å². The molecule has 0 unspecified atom stereocenters. The van der Waals surface area contributed by atoms with E-state index in [1.165, 1.54) is 4.31 Å². The summed E-state index contributed by atoms with van der Waals surface area (Å²) in [7, 11) is -3.68. The number of nitrogens with zero attached hydrogens (tertiary/aromatic N) is 2. The first-order valence-electron chi connectivity index (χ1n) is 12.1. The van der Waals surface area contributed by atoms with Crippen LogP contribution in [0, 0.1) is 6.92 Å². The third-order valence-corrected chi connectivity index (χ3v) is 8.56. The fraction of sp³-hybridized carbons (Fsp3) is 0.321. The minimum absolute atomic E-state index is 0.0624. The monoisotopic (exact) mass is 526 g/mol. The maximum atomic E-state index is 13.2. The number of benzene rings is 3. The van der Waals surface area contributed by atoms with Gasteiger partial charge in [-0.2, -0.15) is 4.31 Å². The number of sulfonamides is 1. The molecular weight excluding hydrogens is 496 g/mol. The Hall–Kier alpha value is -2.71. The third-order valence-electron chi connectivity index (χ3n) is 6.39. The fourth-order valence-electron chi connectivity index (χ4n) is 4.34. The van der Waals surface area contributed by atoms with E-state index in [4.69, 9.17) is 16.3 Å². The highest BCUT2D eigenvalue weighted by Crippen LogP contribution is 2.21.